The van der Waals surface area contributed by atoms with Crippen LogP contribution in [-0.2, 0) is 4.79 Å². The number of amides is 1. The van der Waals surface area contributed by atoms with Gasteiger partial charge in [0.15, 0.2) is 0 Å². The summed E-state index contributed by atoms with van der Waals surface area (Å²) in [7, 11) is 1.82. The maximum atomic E-state index is 11.8. The van der Waals surface area contributed by atoms with Crippen molar-refractivity contribution in [3.63, 3.8) is 0 Å². The first kappa shape index (κ1) is 15.2. The van der Waals surface area contributed by atoms with E-state index in [1.54, 1.807) is 0 Å². The van der Waals surface area contributed by atoms with Gasteiger partial charge < -0.3 is 16.0 Å². The Morgan fingerprint density at radius 2 is 1.89 bits per heavy atom. The fourth-order valence-corrected chi connectivity index (χ4v) is 1.85. The van der Waals surface area contributed by atoms with Crippen molar-refractivity contribution in [2.24, 2.45) is 0 Å². The van der Waals surface area contributed by atoms with Gasteiger partial charge in [-0.1, -0.05) is 13.8 Å². The predicted molar refractivity (Wildman–Crippen MR) is 77.4 cm³/mol. The Hall–Kier alpha value is -1.85. The standard InChI is InChI=1S/C13H23N5O/c1-6-15-13(19)9(4)18-12-10(8(2)3)11(14-5)16-7-17-12/h7-9H,6H2,1-5H3,(H,15,19)(H2,14,16,17,18). The van der Waals surface area contributed by atoms with Crippen molar-refractivity contribution in [3.8, 4) is 0 Å². The monoisotopic (exact) mass is 265 g/mol. The van der Waals surface area contributed by atoms with Crippen molar-refractivity contribution in [2.75, 3.05) is 24.2 Å². The van der Waals surface area contributed by atoms with E-state index in [2.05, 4.69) is 39.8 Å². The number of rotatable bonds is 6. The van der Waals surface area contributed by atoms with Gasteiger partial charge in [0.05, 0.1) is 0 Å². The van der Waals surface area contributed by atoms with Crippen molar-refractivity contribution >= 4 is 17.5 Å². The molecule has 0 fully saturated rings. The van der Waals surface area contributed by atoms with E-state index in [-0.39, 0.29) is 17.9 Å². The molecule has 6 nitrogen and oxygen atoms in total. The topological polar surface area (TPSA) is 78.9 Å². The summed E-state index contributed by atoms with van der Waals surface area (Å²) in [6.07, 6.45) is 1.49. The first-order chi connectivity index (χ1) is 9.01. The van der Waals surface area contributed by atoms with E-state index in [0.717, 1.165) is 11.4 Å². The fraction of sp³-hybridized carbons (Fsp3) is 0.615. The summed E-state index contributed by atoms with van der Waals surface area (Å²) in [6.45, 7) is 8.47. The van der Waals surface area contributed by atoms with Gasteiger partial charge in [0.1, 0.15) is 24.0 Å². The minimum Gasteiger partial charge on any atom is -0.373 e. The van der Waals surface area contributed by atoms with Gasteiger partial charge >= 0.3 is 0 Å². The Morgan fingerprint density at radius 3 is 2.42 bits per heavy atom. The van der Waals surface area contributed by atoms with E-state index in [9.17, 15) is 4.79 Å². The van der Waals surface area contributed by atoms with Gasteiger partial charge in [0.2, 0.25) is 5.91 Å². The van der Waals surface area contributed by atoms with E-state index in [1.807, 2.05) is 20.9 Å². The molecule has 0 aliphatic carbocycles. The lowest BCUT2D eigenvalue weighted by Gasteiger charge is -2.19. The Labute approximate surface area is 114 Å². The zero-order chi connectivity index (χ0) is 14.4. The number of likely N-dealkylation sites (N-methyl/N-ethyl adjacent to an activating group) is 1. The minimum atomic E-state index is -0.336. The summed E-state index contributed by atoms with van der Waals surface area (Å²) in [5.41, 5.74) is 0.987. The van der Waals surface area contributed by atoms with E-state index < -0.39 is 0 Å². The molecule has 1 aromatic heterocycles. The van der Waals surface area contributed by atoms with Gasteiger partial charge in [0.25, 0.3) is 0 Å². The third kappa shape index (κ3) is 3.81. The molecular weight excluding hydrogens is 242 g/mol. The lowest BCUT2D eigenvalue weighted by molar-refractivity contribution is -0.121. The molecule has 1 atom stereocenters. The molecule has 0 bridgehead atoms. The quantitative estimate of drug-likeness (QED) is 0.728. The van der Waals surface area contributed by atoms with Crippen molar-refractivity contribution in [1.29, 1.82) is 0 Å². The number of carbonyl (C=O) groups is 1. The van der Waals surface area contributed by atoms with Crippen LogP contribution in [0.1, 0.15) is 39.2 Å². The first-order valence-electron chi connectivity index (χ1n) is 6.58. The SMILES string of the molecule is CCNC(=O)C(C)Nc1ncnc(NC)c1C(C)C. The second-order valence-electron chi connectivity index (χ2n) is 4.65. The predicted octanol–water partition coefficient (Wildman–Crippen LogP) is 1.58. The minimum absolute atomic E-state index is 0.0400. The molecule has 0 aliphatic rings. The molecule has 3 N–H and O–H groups in total. The second-order valence-corrected chi connectivity index (χ2v) is 4.65. The second kappa shape index (κ2) is 6.92. The molecule has 6 heteroatoms. The van der Waals surface area contributed by atoms with Crippen molar-refractivity contribution < 1.29 is 4.79 Å². The third-order valence-electron chi connectivity index (χ3n) is 2.80. The molecule has 0 aromatic carbocycles. The summed E-state index contributed by atoms with van der Waals surface area (Å²) in [4.78, 5) is 20.2. The van der Waals surface area contributed by atoms with Gasteiger partial charge in [-0.3, -0.25) is 4.79 Å². The van der Waals surface area contributed by atoms with Crippen LogP contribution in [0, 0.1) is 0 Å². The van der Waals surface area contributed by atoms with Crippen LogP contribution in [0.25, 0.3) is 0 Å². The summed E-state index contributed by atoms with van der Waals surface area (Å²) in [5.74, 6) is 1.71. The Kier molecular flexibility index (Phi) is 5.54. The first-order valence-corrected chi connectivity index (χ1v) is 6.58. The van der Waals surface area contributed by atoms with Crippen molar-refractivity contribution in [2.45, 2.75) is 39.7 Å². The smallest absolute Gasteiger partial charge is 0.242 e. The summed E-state index contributed by atoms with van der Waals surface area (Å²) >= 11 is 0. The lowest BCUT2D eigenvalue weighted by Crippen LogP contribution is -2.37. The zero-order valence-electron chi connectivity index (χ0n) is 12.2. The lowest BCUT2D eigenvalue weighted by atomic mass is 10.0. The highest BCUT2D eigenvalue weighted by Crippen LogP contribution is 2.28. The molecule has 0 radical (unpaired) electrons. The molecule has 106 valence electrons. The van der Waals surface area contributed by atoms with Crippen LogP contribution in [0.4, 0.5) is 11.6 Å². The van der Waals surface area contributed by atoms with Gasteiger partial charge in [-0.05, 0) is 19.8 Å². The maximum Gasteiger partial charge on any atom is 0.242 e. The van der Waals surface area contributed by atoms with Crippen LogP contribution >= 0.6 is 0 Å². The van der Waals surface area contributed by atoms with Crippen LogP contribution in [0.5, 0.6) is 0 Å². The molecule has 0 spiro atoms. The maximum absolute atomic E-state index is 11.8. The van der Waals surface area contributed by atoms with Crippen LogP contribution in [0.15, 0.2) is 6.33 Å². The van der Waals surface area contributed by atoms with Crippen molar-refractivity contribution in [1.82, 2.24) is 15.3 Å². The number of aromatic nitrogens is 2. The van der Waals surface area contributed by atoms with Gasteiger partial charge in [-0.25, -0.2) is 9.97 Å². The molecule has 1 heterocycles. The van der Waals surface area contributed by atoms with Crippen molar-refractivity contribution in [3.05, 3.63) is 11.9 Å². The average Bonchev–Trinajstić information content (AvgIpc) is 2.38. The number of hydrogen-bond acceptors (Lipinski definition) is 5. The van der Waals surface area contributed by atoms with Crippen LogP contribution < -0.4 is 16.0 Å². The zero-order valence-corrected chi connectivity index (χ0v) is 12.2. The van der Waals surface area contributed by atoms with E-state index in [4.69, 9.17) is 0 Å². The normalized spacial score (nSPS) is 12.1. The highest BCUT2D eigenvalue weighted by Gasteiger charge is 2.18. The molecule has 19 heavy (non-hydrogen) atoms. The molecule has 0 saturated carbocycles. The number of anilines is 2. The van der Waals surface area contributed by atoms with Gasteiger partial charge in [0, 0.05) is 19.2 Å². The number of nitrogens with zero attached hydrogens (tertiary/aromatic N) is 2. The van der Waals surface area contributed by atoms with Crippen LogP contribution in [-0.4, -0.2) is 35.5 Å². The molecule has 1 amide bonds. The van der Waals surface area contributed by atoms with Crippen LogP contribution in [0.2, 0.25) is 0 Å². The highest BCUT2D eigenvalue weighted by molar-refractivity contribution is 5.84. The summed E-state index contributed by atoms with van der Waals surface area (Å²) < 4.78 is 0. The highest BCUT2D eigenvalue weighted by atomic mass is 16.2. The van der Waals surface area contributed by atoms with E-state index in [0.29, 0.717) is 12.4 Å². The fourth-order valence-electron chi connectivity index (χ4n) is 1.85. The average molecular weight is 265 g/mol. The Bertz CT molecular complexity index is 433. The summed E-state index contributed by atoms with van der Waals surface area (Å²) in [5, 5.41) is 8.98. The van der Waals surface area contributed by atoms with E-state index >= 15 is 0 Å². The molecule has 0 saturated heterocycles. The number of hydrogen-bond donors (Lipinski definition) is 3. The number of nitrogens with one attached hydrogen (secondary N) is 3. The van der Waals surface area contributed by atoms with Gasteiger partial charge in [-0.15, -0.1) is 0 Å². The third-order valence-corrected chi connectivity index (χ3v) is 2.80. The van der Waals surface area contributed by atoms with Crippen LogP contribution in [0.3, 0.4) is 0 Å². The number of carbonyl (C=O) groups excluding carboxylic acids is 1. The largest absolute Gasteiger partial charge is 0.373 e. The van der Waals surface area contributed by atoms with E-state index in [1.165, 1.54) is 6.33 Å². The molecule has 1 aromatic rings. The Balaban J connectivity index is 2.97. The molecular formula is C13H23N5O. The molecule has 1 unspecified atom stereocenters. The Morgan fingerprint density at radius 1 is 1.26 bits per heavy atom. The van der Waals surface area contributed by atoms with Gasteiger partial charge in [-0.2, -0.15) is 0 Å². The molecule has 1 rings (SSSR count). The summed E-state index contributed by atoms with van der Waals surface area (Å²) in [6, 6.07) is -0.336. The molecule has 0 aliphatic heterocycles.